The molecule has 0 spiro atoms. The van der Waals surface area contributed by atoms with E-state index >= 15 is 0 Å². The molecule has 1 N–H and O–H groups in total. The number of nitro benzene ring substituents is 1. The zero-order valence-corrected chi connectivity index (χ0v) is 10.1. The van der Waals surface area contributed by atoms with Crippen LogP contribution in [0.15, 0.2) is 18.2 Å². The van der Waals surface area contributed by atoms with Crippen LogP contribution in [0.4, 0.5) is 5.69 Å². The van der Waals surface area contributed by atoms with Gasteiger partial charge in [0.25, 0.3) is 5.69 Å². The van der Waals surface area contributed by atoms with E-state index < -0.39 is 16.3 Å². The summed E-state index contributed by atoms with van der Waals surface area (Å²) in [6.45, 7) is 4.93. The minimum Gasteiger partial charge on any atom is -0.481 e. The fourth-order valence-electron chi connectivity index (χ4n) is 1.59. The molecule has 0 saturated carbocycles. The molecule has 17 heavy (non-hydrogen) atoms. The lowest BCUT2D eigenvalue weighted by Gasteiger charge is -2.19. The molecule has 0 heterocycles. The lowest BCUT2D eigenvalue weighted by Crippen LogP contribution is -2.26. The molecule has 5 nitrogen and oxygen atoms in total. The lowest BCUT2D eigenvalue weighted by molar-refractivity contribution is -0.385. The highest BCUT2D eigenvalue weighted by atomic mass is 16.6. The van der Waals surface area contributed by atoms with Gasteiger partial charge < -0.3 is 5.11 Å². The summed E-state index contributed by atoms with van der Waals surface area (Å²) in [5, 5.41) is 19.9. The molecule has 0 aliphatic carbocycles. The number of benzene rings is 1. The highest BCUT2D eigenvalue weighted by Gasteiger charge is 2.30. The van der Waals surface area contributed by atoms with Crippen molar-refractivity contribution in [3.8, 4) is 0 Å². The molecule has 0 atom stereocenters. The zero-order valence-electron chi connectivity index (χ0n) is 10.1. The highest BCUT2D eigenvalue weighted by molar-refractivity contribution is 5.74. The molecule has 0 aliphatic heterocycles. The molecule has 0 fully saturated rings. The molecule has 1 rings (SSSR count). The first-order valence-electron chi connectivity index (χ1n) is 5.21. The van der Waals surface area contributed by atoms with Gasteiger partial charge in [-0.3, -0.25) is 14.9 Å². The Morgan fingerprint density at radius 1 is 1.47 bits per heavy atom. The molecule has 0 aromatic heterocycles. The Morgan fingerprint density at radius 3 is 2.53 bits per heavy atom. The Balaban J connectivity index is 3.17. The molecular formula is C12H15NO4. The number of hydrogen-bond acceptors (Lipinski definition) is 3. The van der Waals surface area contributed by atoms with Crippen molar-refractivity contribution < 1.29 is 14.8 Å². The maximum atomic E-state index is 11.0. The van der Waals surface area contributed by atoms with Gasteiger partial charge in [0, 0.05) is 11.6 Å². The van der Waals surface area contributed by atoms with E-state index in [0.29, 0.717) is 5.56 Å². The molecule has 92 valence electrons. The van der Waals surface area contributed by atoms with E-state index in [9.17, 15) is 14.9 Å². The summed E-state index contributed by atoms with van der Waals surface area (Å²) in [5.74, 6) is -0.965. The summed E-state index contributed by atoms with van der Waals surface area (Å²) in [7, 11) is 0. The van der Waals surface area contributed by atoms with Crippen LogP contribution in [0.3, 0.4) is 0 Å². The van der Waals surface area contributed by atoms with Crippen molar-refractivity contribution in [2.24, 2.45) is 5.41 Å². The number of carboxylic acids is 1. The quantitative estimate of drug-likeness (QED) is 0.644. The van der Waals surface area contributed by atoms with Crippen molar-refractivity contribution >= 4 is 11.7 Å². The number of carbonyl (C=O) groups is 1. The molecule has 1 aromatic carbocycles. The molecule has 0 aliphatic rings. The standard InChI is InChI=1S/C12H15NO4/c1-8-4-5-10(13(16)17)9(6-8)7-12(2,3)11(14)15/h4-6H,7H2,1-3H3,(H,14,15). The fourth-order valence-corrected chi connectivity index (χ4v) is 1.59. The van der Waals surface area contributed by atoms with E-state index in [-0.39, 0.29) is 12.1 Å². The molecule has 0 amide bonds. The largest absolute Gasteiger partial charge is 0.481 e. The van der Waals surface area contributed by atoms with Gasteiger partial charge in [0.15, 0.2) is 0 Å². The van der Waals surface area contributed by atoms with Crippen molar-refractivity contribution in [1.82, 2.24) is 0 Å². The number of carboxylic acid groups (broad SMARTS) is 1. The Labute approximate surface area is 99.2 Å². The Morgan fingerprint density at radius 2 is 2.06 bits per heavy atom. The van der Waals surface area contributed by atoms with Crippen LogP contribution in [-0.4, -0.2) is 16.0 Å². The predicted molar refractivity (Wildman–Crippen MR) is 63.0 cm³/mol. The van der Waals surface area contributed by atoms with E-state index in [4.69, 9.17) is 5.11 Å². The van der Waals surface area contributed by atoms with E-state index in [1.54, 1.807) is 26.0 Å². The summed E-state index contributed by atoms with van der Waals surface area (Å²) in [4.78, 5) is 21.4. The number of hydrogen-bond donors (Lipinski definition) is 1. The normalized spacial score (nSPS) is 11.2. The smallest absolute Gasteiger partial charge is 0.309 e. The second-order valence-electron chi connectivity index (χ2n) is 4.76. The predicted octanol–water partition coefficient (Wildman–Crippen LogP) is 2.56. The fraction of sp³-hybridized carbons (Fsp3) is 0.417. The maximum absolute atomic E-state index is 11.0. The second-order valence-corrected chi connectivity index (χ2v) is 4.76. The first-order chi connectivity index (χ1) is 7.74. The van der Waals surface area contributed by atoms with Gasteiger partial charge in [-0.2, -0.15) is 0 Å². The van der Waals surface area contributed by atoms with E-state index in [1.807, 2.05) is 6.92 Å². The van der Waals surface area contributed by atoms with Crippen LogP contribution in [0.1, 0.15) is 25.0 Å². The van der Waals surface area contributed by atoms with E-state index in [2.05, 4.69) is 0 Å². The SMILES string of the molecule is Cc1ccc([N+](=O)[O-])c(CC(C)(C)C(=O)O)c1. The second kappa shape index (κ2) is 4.53. The molecule has 0 saturated heterocycles. The molecule has 1 aromatic rings. The third-order valence-electron chi connectivity index (χ3n) is 2.64. The Bertz CT molecular complexity index is 466. The lowest BCUT2D eigenvalue weighted by atomic mass is 9.85. The van der Waals surface area contributed by atoms with Crippen molar-refractivity contribution in [2.75, 3.05) is 0 Å². The van der Waals surface area contributed by atoms with Gasteiger partial charge in [-0.25, -0.2) is 0 Å². The zero-order chi connectivity index (χ0) is 13.2. The first-order valence-corrected chi connectivity index (χ1v) is 5.21. The monoisotopic (exact) mass is 237 g/mol. The van der Waals surface area contributed by atoms with Crippen molar-refractivity contribution in [3.63, 3.8) is 0 Å². The number of nitro groups is 1. The van der Waals surface area contributed by atoms with Crippen molar-refractivity contribution in [1.29, 1.82) is 0 Å². The van der Waals surface area contributed by atoms with Gasteiger partial charge in [0.05, 0.1) is 10.3 Å². The van der Waals surface area contributed by atoms with Crippen LogP contribution < -0.4 is 0 Å². The van der Waals surface area contributed by atoms with Crippen LogP contribution in [-0.2, 0) is 11.2 Å². The molecule has 0 radical (unpaired) electrons. The van der Waals surface area contributed by atoms with Gasteiger partial charge in [0.1, 0.15) is 0 Å². The molecular weight excluding hydrogens is 222 g/mol. The minimum atomic E-state index is -1.02. The number of aryl methyl sites for hydroxylation is 1. The van der Waals surface area contributed by atoms with Crippen LogP contribution in [0.25, 0.3) is 0 Å². The topological polar surface area (TPSA) is 80.4 Å². The van der Waals surface area contributed by atoms with Crippen LogP contribution in [0.2, 0.25) is 0 Å². The Hall–Kier alpha value is -1.91. The van der Waals surface area contributed by atoms with Crippen LogP contribution >= 0.6 is 0 Å². The average Bonchev–Trinajstić information content (AvgIpc) is 2.15. The van der Waals surface area contributed by atoms with E-state index in [1.165, 1.54) is 6.07 Å². The molecule has 5 heteroatoms. The summed E-state index contributed by atoms with van der Waals surface area (Å²) in [5.41, 5.74) is 0.303. The minimum absolute atomic E-state index is 0.0232. The van der Waals surface area contributed by atoms with Crippen LogP contribution in [0.5, 0.6) is 0 Å². The summed E-state index contributed by atoms with van der Waals surface area (Å²) in [6, 6.07) is 4.74. The summed E-state index contributed by atoms with van der Waals surface area (Å²) >= 11 is 0. The Kier molecular flexibility index (Phi) is 3.50. The third kappa shape index (κ3) is 3.03. The van der Waals surface area contributed by atoms with Gasteiger partial charge in [-0.1, -0.05) is 11.6 Å². The first kappa shape index (κ1) is 13.2. The maximum Gasteiger partial charge on any atom is 0.309 e. The highest BCUT2D eigenvalue weighted by Crippen LogP contribution is 2.28. The van der Waals surface area contributed by atoms with Gasteiger partial charge >= 0.3 is 5.97 Å². The van der Waals surface area contributed by atoms with Gasteiger partial charge in [-0.15, -0.1) is 0 Å². The average molecular weight is 237 g/mol. The molecule has 0 unspecified atom stereocenters. The summed E-state index contributed by atoms with van der Waals surface area (Å²) in [6.07, 6.45) is 0.139. The van der Waals surface area contributed by atoms with E-state index in [0.717, 1.165) is 5.56 Å². The van der Waals surface area contributed by atoms with Gasteiger partial charge in [0.2, 0.25) is 0 Å². The number of rotatable bonds is 4. The third-order valence-corrected chi connectivity index (χ3v) is 2.64. The summed E-state index contributed by atoms with van der Waals surface area (Å²) < 4.78 is 0. The van der Waals surface area contributed by atoms with Crippen LogP contribution in [0, 0.1) is 22.5 Å². The molecule has 0 bridgehead atoms. The van der Waals surface area contributed by atoms with Gasteiger partial charge in [-0.05, 0) is 33.3 Å². The number of aliphatic carboxylic acids is 1. The van der Waals surface area contributed by atoms with Crippen molar-refractivity contribution in [3.05, 3.63) is 39.4 Å². The van der Waals surface area contributed by atoms with Crippen molar-refractivity contribution in [2.45, 2.75) is 27.2 Å². The number of nitrogens with zero attached hydrogens (tertiary/aromatic N) is 1.